The molecule has 0 radical (unpaired) electrons. The van der Waals surface area contributed by atoms with Gasteiger partial charge in [-0.2, -0.15) is 33.7 Å². The molecule has 0 fully saturated rings. The molecule has 0 spiro atoms. The Morgan fingerprint density at radius 2 is 0.450 bits per heavy atom. The van der Waals surface area contributed by atoms with Crippen LogP contribution in [0.15, 0.2) is 68.1 Å². The van der Waals surface area contributed by atoms with Crippen LogP contribution in [0.5, 0.6) is 0 Å². The lowest BCUT2D eigenvalue weighted by molar-refractivity contribution is 0.481. The highest BCUT2D eigenvalue weighted by Gasteiger charge is 2.37. The Morgan fingerprint density at radius 3 is 0.613 bits per heavy atom. The van der Waals surface area contributed by atoms with Crippen molar-refractivity contribution >= 4 is 268 Å². The van der Waals surface area contributed by atoms with Gasteiger partial charge >= 0.3 is 0 Å². The predicted molar refractivity (Wildman–Crippen MR) is 319 cm³/mol. The van der Waals surface area contributed by atoms with Gasteiger partial charge in [0.2, 0.25) is 0 Å². The molecule has 0 atom stereocenters. The van der Waals surface area contributed by atoms with E-state index in [4.69, 9.17) is 196 Å². The number of aromatic nitrogens is 4. The molecule has 2 aliphatic rings. The van der Waals surface area contributed by atoms with Crippen LogP contribution in [0.25, 0.3) is 86.7 Å². The Bertz CT molecular complexity index is 4210. The molecular weight excluding hydrogens is 1470 g/mol. The van der Waals surface area contributed by atoms with E-state index in [9.17, 15) is 51.9 Å². The van der Waals surface area contributed by atoms with Crippen LogP contribution in [0.2, 0.25) is 60.3 Å². The van der Waals surface area contributed by atoms with E-state index in [2.05, 4.69) is 9.97 Å². The minimum atomic E-state index is -5.25. The summed E-state index contributed by atoms with van der Waals surface area (Å²) >= 11 is 113. The van der Waals surface area contributed by atoms with Crippen LogP contribution in [0.3, 0.4) is 0 Å². The van der Waals surface area contributed by atoms with E-state index in [-0.39, 0.29) is 0 Å². The summed E-state index contributed by atoms with van der Waals surface area (Å²) in [6.45, 7) is 0. The lowest BCUT2D eigenvalue weighted by Gasteiger charge is -2.14. The van der Waals surface area contributed by atoms with Crippen LogP contribution in [-0.4, -0.2) is 71.8 Å². The Labute approximate surface area is 529 Å². The summed E-state index contributed by atoms with van der Waals surface area (Å²) in [5.41, 5.74) is -8.86. The van der Waals surface area contributed by atoms with Crippen molar-refractivity contribution in [2.24, 2.45) is 0 Å². The highest BCUT2D eigenvalue weighted by molar-refractivity contribution is 7.86. The molecule has 0 amide bonds. The summed E-state index contributed by atoms with van der Waals surface area (Å²) in [6.07, 6.45) is 0. The summed E-state index contributed by atoms with van der Waals surface area (Å²) in [7, 11) is -21.0. The van der Waals surface area contributed by atoms with E-state index in [1.807, 2.05) is 0 Å². The Hall–Kier alpha value is -2.24. The molecule has 80 heavy (non-hydrogen) atoms. The number of fused-ring (bicyclic) bond motifs is 8. The number of hydrogen-bond acceptors (Lipinski definition) is 10. The zero-order valence-electron chi connectivity index (χ0n) is 37.2. The number of aromatic amines is 2. The molecule has 9 rings (SSSR count). The molecule has 4 aromatic carbocycles. The average molecular weight is 1490 g/mol. The van der Waals surface area contributed by atoms with Crippen molar-refractivity contribution in [1.82, 2.24) is 19.9 Å². The molecule has 6 N–H and O–H groups in total. The average Bonchev–Trinajstić information content (AvgIpc) is 4.08. The summed E-state index contributed by atoms with van der Waals surface area (Å²) in [6, 6.07) is 7.21. The third-order valence-corrected chi connectivity index (χ3v) is 21.9. The zero-order chi connectivity index (χ0) is 59.3. The second kappa shape index (κ2) is 21.9. The summed E-state index contributed by atoms with van der Waals surface area (Å²) in [5, 5.41) is -9.97. The lowest BCUT2D eigenvalue weighted by Crippen LogP contribution is -2.02. The summed E-state index contributed by atoms with van der Waals surface area (Å²) in [5.74, 6) is 0. The summed E-state index contributed by atoms with van der Waals surface area (Å²) < 4.78 is 145. The first-order valence-electron chi connectivity index (χ1n) is 20.4. The van der Waals surface area contributed by atoms with E-state index in [1.54, 1.807) is 0 Å². The fraction of sp³-hybridized carbons (Fsp3) is 0. The number of halogens is 16. The van der Waals surface area contributed by atoms with Crippen LogP contribution in [0.1, 0.15) is 22.8 Å². The largest absolute Gasteiger partial charge is 0.352 e. The van der Waals surface area contributed by atoms with Crippen LogP contribution in [-0.2, 0) is 40.5 Å². The van der Waals surface area contributed by atoms with Gasteiger partial charge < -0.3 is 9.97 Å². The third kappa shape index (κ3) is 10.4. The Morgan fingerprint density at radius 1 is 0.275 bits per heavy atom. The maximum Gasteiger partial charge on any atom is 0.296 e. The van der Waals surface area contributed by atoms with Gasteiger partial charge in [-0.25, -0.2) is 9.97 Å². The number of benzene rings is 4. The molecule has 0 unspecified atom stereocenters. The molecule has 0 saturated carbocycles. The normalized spacial score (nSPS) is 13.6. The molecule has 0 saturated heterocycles. The topological polar surface area (TPSA) is 275 Å². The van der Waals surface area contributed by atoms with Crippen molar-refractivity contribution in [3.63, 3.8) is 0 Å². The standard InChI is InChI=1S/C44H14Cl16N4O12S4/c45-9-1-5-13(77(65,66)67)25(49)17(9)21-37-29(53)31(55)39(61-37)22(18-10(46)2-6-14(26(18)50)78(68,69)70)41-33(57)35(59)43(63-41)24(20-12(48)4-8-16(28(20)52)80(74,75)76)44-36(60)34(58)42(64-44)23(40-32(56)30(54)38(21)62-40)19-11(47)3-7-15(27(19)51)79(71,72)73/h1-8,61,64H,(H,65,66,67)(H,68,69,70)(H,71,72,73)(H,74,75,76). The molecule has 5 heterocycles. The molecular formula is C44H14Cl16N4O12S4. The predicted octanol–water partition coefficient (Wildman–Crippen LogP) is 18.4. The van der Waals surface area contributed by atoms with E-state index in [0.29, 0.717) is 0 Å². The molecule has 7 aromatic rings. The van der Waals surface area contributed by atoms with Crippen molar-refractivity contribution in [3.8, 4) is 44.5 Å². The van der Waals surface area contributed by atoms with Crippen molar-refractivity contribution in [2.75, 3.05) is 0 Å². The Kier molecular flexibility index (Phi) is 17.1. The van der Waals surface area contributed by atoms with E-state index in [1.165, 1.54) is 0 Å². The number of nitrogens with zero attached hydrogens (tertiary/aromatic N) is 2. The van der Waals surface area contributed by atoms with Crippen LogP contribution in [0.4, 0.5) is 0 Å². The Balaban J connectivity index is 1.75. The van der Waals surface area contributed by atoms with Gasteiger partial charge in [0.15, 0.2) is 0 Å². The van der Waals surface area contributed by atoms with Crippen LogP contribution < -0.4 is 0 Å². The van der Waals surface area contributed by atoms with Gasteiger partial charge in [0.1, 0.15) is 19.6 Å². The molecule has 8 bridgehead atoms. The van der Waals surface area contributed by atoms with Gasteiger partial charge in [-0.15, -0.1) is 0 Å². The van der Waals surface area contributed by atoms with E-state index < -0.39 is 230 Å². The molecule has 36 heteroatoms. The molecule has 3 aromatic heterocycles. The summed E-state index contributed by atoms with van der Waals surface area (Å²) in [4.78, 5) is 11.5. The number of H-pyrrole nitrogens is 2. The van der Waals surface area contributed by atoms with Gasteiger partial charge in [0.05, 0.1) is 125 Å². The highest BCUT2D eigenvalue weighted by atomic mass is 35.5. The van der Waals surface area contributed by atoms with Gasteiger partial charge in [0.25, 0.3) is 40.5 Å². The van der Waals surface area contributed by atoms with Crippen molar-refractivity contribution in [1.29, 1.82) is 0 Å². The number of hydrogen-bond donors (Lipinski definition) is 6. The second-order valence-electron chi connectivity index (χ2n) is 16.2. The first-order valence-corrected chi connectivity index (χ1v) is 32.2. The zero-order valence-corrected chi connectivity index (χ0v) is 52.6. The van der Waals surface area contributed by atoms with Crippen molar-refractivity contribution in [2.45, 2.75) is 19.6 Å². The fourth-order valence-electron chi connectivity index (χ4n) is 8.39. The number of rotatable bonds is 8. The molecule has 16 nitrogen and oxygen atoms in total. The first kappa shape index (κ1) is 62.3. The monoisotopic (exact) mass is 1480 g/mol. The molecule has 0 aliphatic carbocycles. The quantitative estimate of drug-likeness (QED) is 0.0772. The van der Waals surface area contributed by atoms with Crippen molar-refractivity contribution in [3.05, 3.63) is 132 Å². The molecule has 418 valence electrons. The minimum absolute atomic E-state index is 0.432. The minimum Gasteiger partial charge on any atom is -0.352 e. The first-order chi connectivity index (χ1) is 36.9. The van der Waals surface area contributed by atoms with Gasteiger partial charge in [-0.3, -0.25) is 18.2 Å². The second-order valence-corrected chi connectivity index (χ2v) is 27.9. The SMILES string of the molecule is O=S(=O)(O)c1ccc(Cl)c(-c2c3nc(c(-c4c(Cl)ccc(S(=O)(=O)O)c4Cl)c4[nH]c(c(Cl)c4Cl)c(-c4c(Cl)ccc(S(=O)(=O)O)c4Cl)c4nc(c(-c5c(Cl)ccc(S(=O)(=O)O)c5Cl)c5[nH]c2c(Cl)c5Cl)C(Cl)=C4Cl)C(Cl)=C3Cl)c1Cl. The number of nitrogens with one attached hydrogen (secondary N) is 2. The van der Waals surface area contributed by atoms with Gasteiger partial charge in [0, 0.05) is 44.5 Å². The maximum atomic E-state index is 12.9. The molecule has 2 aliphatic heterocycles. The maximum absolute atomic E-state index is 12.9. The smallest absolute Gasteiger partial charge is 0.296 e. The lowest BCUT2D eigenvalue weighted by atomic mass is 10.0. The van der Waals surface area contributed by atoms with E-state index >= 15 is 0 Å². The van der Waals surface area contributed by atoms with Crippen LogP contribution >= 0.6 is 186 Å². The van der Waals surface area contributed by atoms with Crippen molar-refractivity contribution < 1.29 is 51.9 Å². The van der Waals surface area contributed by atoms with Gasteiger partial charge in [-0.05, 0) is 48.5 Å². The highest BCUT2D eigenvalue weighted by Crippen LogP contribution is 2.57. The van der Waals surface area contributed by atoms with E-state index in [0.717, 1.165) is 48.5 Å². The fourth-order valence-corrected chi connectivity index (χ4v) is 15.9. The third-order valence-electron chi connectivity index (χ3n) is 11.7. The van der Waals surface area contributed by atoms with Gasteiger partial charge in [-0.1, -0.05) is 186 Å². The van der Waals surface area contributed by atoms with Crippen LogP contribution in [0, 0.1) is 0 Å².